The Labute approximate surface area is 181 Å². The average molecular weight is 435 g/mol. The van der Waals surface area contributed by atoms with Gasteiger partial charge >= 0.3 is 0 Å². The van der Waals surface area contributed by atoms with Crippen molar-refractivity contribution in [1.29, 1.82) is 0 Å². The van der Waals surface area contributed by atoms with Crippen molar-refractivity contribution in [2.75, 3.05) is 59.2 Å². The first kappa shape index (κ1) is 21.1. The number of carbonyl (C=O) groups excluding carboxylic acids is 1. The van der Waals surface area contributed by atoms with Crippen LogP contribution in [0.25, 0.3) is 0 Å². The first-order chi connectivity index (χ1) is 14.7. The van der Waals surface area contributed by atoms with Crippen molar-refractivity contribution >= 4 is 17.5 Å². The molecule has 1 N–H and O–H groups in total. The van der Waals surface area contributed by atoms with E-state index in [0.717, 1.165) is 24.5 Å². The van der Waals surface area contributed by atoms with Gasteiger partial charge in [0.25, 0.3) is 0 Å². The second kappa shape index (κ2) is 10.3. The number of para-hydroxylation sites is 1. The summed E-state index contributed by atoms with van der Waals surface area (Å²) in [6, 6.07) is 9.39. The Morgan fingerprint density at radius 2 is 2.07 bits per heavy atom. The summed E-state index contributed by atoms with van der Waals surface area (Å²) in [7, 11) is 0. The van der Waals surface area contributed by atoms with Crippen molar-refractivity contribution in [3.05, 3.63) is 46.7 Å². The zero-order chi connectivity index (χ0) is 20.8. The fraction of sp³-hybridized carbons (Fsp3) is 0.524. The molecule has 0 spiro atoms. The number of halogens is 1. The Morgan fingerprint density at radius 3 is 2.90 bits per heavy atom. The molecule has 1 atom stereocenters. The molecule has 2 aromatic rings. The molecule has 2 saturated heterocycles. The summed E-state index contributed by atoms with van der Waals surface area (Å²) >= 11 is 6.11. The van der Waals surface area contributed by atoms with Gasteiger partial charge in [0.2, 0.25) is 5.91 Å². The Hall–Kier alpha value is -2.13. The first-order valence-electron chi connectivity index (χ1n) is 10.3. The molecular weight excluding hydrogens is 408 g/mol. The summed E-state index contributed by atoms with van der Waals surface area (Å²) in [6.07, 6.45) is 0.451. The van der Waals surface area contributed by atoms with E-state index in [9.17, 15) is 4.79 Å². The molecule has 1 aromatic carbocycles. The molecule has 4 rings (SSSR count). The van der Waals surface area contributed by atoms with Crippen LogP contribution >= 0.6 is 11.6 Å². The molecule has 3 heterocycles. The zero-order valence-electron chi connectivity index (χ0n) is 16.9. The van der Waals surface area contributed by atoms with Gasteiger partial charge in [0.05, 0.1) is 50.2 Å². The molecule has 0 aliphatic carbocycles. The number of hydrogen-bond acceptors (Lipinski definition) is 6. The molecule has 30 heavy (non-hydrogen) atoms. The lowest BCUT2D eigenvalue weighted by Crippen LogP contribution is -2.48. The van der Waals surface area contributed by atoms with Crippen LogP contribution in [0.3, 0.4) is 0 Å². The van der Waals surface area contributed by atoms with Crippen LogP contribution in [0.4, 0.5) is 0 Å². The van der Waals surface area contributed by atoms with E-state index in [1.165, 1.54) is 0 Å². The van der Waals surface area contributed by atoms with Gasteiger partial charge in [-0.15, -0.1) is 0 Å². The quantitative estimate of drug-likeness (QED) is 0.717. The van der Waals surface area contributed by atoms with Crippen molar-refractivity contribution in [2.24, 2.45) is 0 Å². The summed E-state index contributed by atoms with van der Waals surface area (Å²) in [5.41, 5.74) is 1.77. The Bertz CT molecular complexity index is 840. The average Bonchev–Trinajstić information content (AvgIpc) is 3.25. The van der Waals surface area contributed by atoms with Crippen LogP contribution in [-0.2, 0) is 20.7 Å². The number of hydrogen-bond donors (Lipinski definition) is 1. The summed E-state index contributed by atoms with van der Waals surface area (Å²) in [4.78, 5) is 16.7. The van der Waals surface area contributed by atoms with Crippen molar-refractivity contribution < 1.29 is 19.0 Å². The highest BCUT2D eigenvalue weighted by Gasteiger charge is 2.28. The number of nitrogens with one attached hydrogen (secondary N) is 1. The number of morpholine rings is 2. The number of amides is 1. The van der Waals surface area contributed by atoms with Crippen LogP contribution in [0, 0.1) is 0 Å². The molecule has 162 valence electrons. The summed E-state index contributed by atoms with van der Waals surface area (Å²) < 4.78 is 17.0. The van der Waals surface area contributed by atoms with E-state index in [-0.39, 0.29) is 12.0 Å². The molecule has 2 aliphatic rings. The smallest absolute Gasteiger partial charge is 0.236 e. The fourth-order valence-corrected chi connectivity index (χ4v) is 3.80. The highest BCUT2D eigenvalue weighted by Crippen LogP contribution is 2.24. The summed E-state index contributed by atoms with van der Waals surface area (Å²) in [6.45, 7) is 5.55. The Morgan fingerprint density at radius 1 is 1.23 bits per heavy atom. The third-order valence-corrected chi connectivity index (χ3v) is 5.64. The third-order valence-electron chi connectivity index (χ3n) is 5.33. The fourth-order valence-electron chi connectivity index (χ4n) is 3.61. The van der Waals surface area contributed by atoms with Gasteiger partial charge in [0.1, 0.15) is 11.9 Å². The highest BCUT2D eigenvalue weighted by atomic mass is 35.5. The van der Waals surface area contributed by atoms with Gasteiger partial charge in [0, 0.05) is 31.7 Å². The van der Waals surface area contributed by atoms with Gasteiger partial charge in [-0.3, -0.25) is 14.8 Å². The van der Waals surface area contributed by atoms with Crippen LogP contribution in [0.15, 0.2) is 30.3 Å². The van der Waals surface area contributed by atoms with Crippen LogP contribution in [0.5, 0.6) is 5.75 Å². The molecule has 8 nitrogen and oxygen atoms in total. The molecule has 0 radical (unpaired) electrons. The predicted molar refractivity (Wildman–Crippen MR) is 112 cm³/mol. The van der Waals surface area contributed by atoms with Gasteiger partial charge in [-0.25, -0.2) is 0 Å². The molecule has 1 aromatic heterocycles. The molecule has 0 saturated carbocycles. The number of rotatable bonds is 7. The lowest BCUT2D eigenvalue weighted by Gasteiger charge is -2.34. The number of aromatic amines is 1. The monoisotopic (exact) mass is 434 g/mol. The topological polar surface area (TPSA) is 79.9 Å². The maximum Gasteiger partial charge on any atom is 0.236 e. The molecule has 9 heteroatoms. The zero-order valence-corrected chi connectivity index (χ0v) is 17.6. The van der Waals surface area contributed by atoms with Crippen molar-refractivity contribution in [1.82, 2.24) is 20.0 Å². The van der Waals surface area contributed by atoms with Crippen LogP contribution < -0.4 is 4.74 Å². The van der Waals surface area contributed by atoms with Gasteiger partial charge < -0.3 is 19.1 Å². The largest absolute Gasteiger partial charge is 0.492 e. The number of carbonyl (C=O) groups is 1. The van der Waals surface area contributed by atoms with Crippen molar-refractivity contribution in [3.63, 3.8) is 0 Å². The molecule has 1 amide bonds. The predicted octanol–water partition coefficient (Wildman–Crippen LogP) is 1.92. The van der Waals surface area contributed by atoms with E-state index >= 15 is 0 Å². The van der Waals surface area contributed by atoms with Gasteiger partial charge in [-0.2, -0.15) is 5.10 Å². The first-order valence-corrected chi connectivity index (χ1v) is 10.7. The van der Waals surface area contributed by atoms with Crippen molar-refractivity contribution in [3.8, 4) is 5.75 Å². The summed E-state index contributed by atoms with van der Waals surface area (Å²) in [5, 5.41) is 8.04. The number of ether oxygens (including phenoxy) is 3. The van der Waals surface area contributed by atoms with Crippen LogP contribution in [-0.4, -0.2) is 85.1 Å². The number of nitrogens with zero attached hydrogens (tertiary/aromatic N) is 3. The minimum Gasteiger partial charge on any atom is -0.492 e. The highest BCUT2D eigenvalue weighted by molar-refractivity contribution is 6.32. The Balaban J connectivity index is 1.27. The molecule has 0 bridgehead atoms. The lowest BCUT2D eigenvalue weighted by molar-refractivity contribution is -0.141. The van der Waals surface area contributed by atoms with E-state index in [4.69, 9.17) is 25.8 Å². The SMILES string of the molecule is O=C(CN1CCOCC1)N1CCO[C@H](c2cc(CCOc3ccccc3Cl)[nH]n2)C1. The minimum absolute atomic E-state index is 0.133. The van der Waals surface area contributed by atoms with E-state index in [2.05, 4.69) is 15.1 Å². The maximum absolute atomic E-state index is 12.7. The Kier molecular flexibility index (Phi) is 7.22. The van der Waals surface area contributed by atoms with E-state index < -0.39 is 0 Å². The van der Waals surface area contributed by atoms with Gasteiger partial charge in [0.15, 0.2) is 0 Å². The van der Waals surface area contributed by atoms with E-state index in [0.29, 0.717) is 63.3 Å². The normalized spacial score (nSPS) is 20.3. The second-order valence-corrected chi connectivity index (χ2v) is 7.84. The van der Waals surface area contributed by atoms with Crippen molar-refractivity contribution in [2.45, 2.75) is 12.5 Å². The molecule has 2 fully saturated rings. The number of aromatic nitrogens is 2. The number of benzene rings is 1. The minimum atomic E-state index is -0.220. The second-order valence-electron chi connectivity index (χ2n) is 7.43. The van der Waals surface area contributed by atoms with E-state index in [1.807, 2.05) is 29.2 Å². The van der Waals surface area contributed by atoms with Crippen LogP contribution in [0.1, 0.15) is 17.5 Å². The standard InChI is InChI=1S/C21H27ClN4O4/c22-17-3-1-2-4-19(17)29-9-5-16-13-18(24-23-16)20-14-26(8-12-30-20)21(27)15-25-6-10-28-11-7-25/h1-4,13,20H,5-12,14-15H2,(H,23,24)/t20-/m0/s1. The van der Waals surface area contributed by atoms with E-state index in [1.54, 1.807) is 6.07 Å². The summed E-state index contributed by atoms with van der Waals surface area (Å²) in [5.74, 6) is 0.804. The van der Waals surface area contributed by atoms with Gasteiger partial charge in [-0.05, 0) is 18.2 Å². The molecular formula is C21H27ClN4O4. The maximum atomic E-state index is 12.7. The number of H-pyrrole nitrogens is 1. The lowest BCUT2D eigenvalue weighted by atomic mass is 10.2. The van der Waals surface area contributed by atoms with Crippen LogP contribution in [0.2, 0.25) is 5.02 Å². The molecule has 2 aliphatic heterocycles. The molecule has 0 unspecified atom stereocenters. The van der Waals surface area contributed by atoms with Gasteiger partial charge in [-0.1, -0.05) is 23.7 Å². The third kappa shape index (κ3) is 5.51.